The first-order valence-corrected chi connectivity index (χ1v) is 14.7. The van der Waals surface area contributed by atoms with E-state index in [0.29, 0.717) is 11.3 Å². The molecule has 2 aromatic carbocycles. The van der Waals surface area contributed by atoms with Gasteiger partial charge in [0.15, 0.2) is 0 Å². The van der Waals surface area contributed by atoms with Crippen molar-refractivity contribution in [1.29, 1.82) is 0 Å². The molecular weight excluding hydrogens is 562 g/mol. The fourth-order valence-electron chi connectivity index (χ4n) is 4.39. The second-order valence-corrected chi connectivity index (χ2v) is 10.7. The van der Waals surface area contributed by atoms with Gasteiger partial charge in [0.25, 0.3) is 0 Å². The highest BCUT2D eigenvalue weighted by Gasteiger charge is 2.32. The number of hydrogen-bond donors (Lipinski definition) is 7. The molecule has 0 aliphatic carbocycles. The summed E-state index contributed by atoms with van der Waals surface area (Å²) in [6, 6.07) is 11.3. The van der Waals surface area contributed by atoms with Crippen molar-refractivity contribution < 1.29 is 34.2 Å². The molecule has 4 atom stereocenters. The van der Waals surface area contributed by atoms with Crippen LogP contribution >= 0.6 is 11.8 Å². The smallest absolute Gasteiger partial charge is 0.326 e. The number of benzene rings is 2. The van der Waals surface area contributed by atoms with Crippen LogP contribution in [0.4, 0.5) is 0 Å². The van der Waals surface area contributed by atoms with Crippen molar-refractivity contribution in [3.63, 3.8) is 0 Å². The summed E-state index contributed by atoms with van der Waals surface area (Å²) in [7, 11) is 0. The Morgan fingerprint density at radius 2 is 1.45 bits per heavy atom. The maximum Gasteiger partial charge on any atom is 0.326 e. The van der Waals surface area contributed by atoms with Gasteiger partial charge in [0.2, 0.25) is 17.7 Å². The van der Waals surface area contributed by atoms with Gasteiger partial charge in [-0.2, -0.15) is 11.8 Å². The number of carbonyl (C=O) groups is 5. The molecular formula is C29H35N5O7S. The number of hydrogen-bond acceptors (Lipinski definition) is 7. The topological polar surface area (TPSA) is 204 Å². The molecule has 4 unspecified atom stereocenters. The lowest BCUT2D eigenvalue weighted by molar-refractivity contribution is -0.143. The van der Waals surface area contributed by atoms with Crippen LogP contribution in [0.25, 0.3) is 10.9 Å². The Labute approximate surface area is 246 Å². The van der Waals surface area contributed by atoms with Crippen molar-refractivity contribution >= 4 is 52.3 Å². The molecule has 0 bridgehead atoms. The van der Waals surface area contributed by atoms with Gasteiger partial charge in [0, 0.05) is 23.5 Å². The Balaban J connectivity index is 1.70. The summed E-state index contributed by atoms with van der Waals surface area (Å²) in [6.45, 7) is 0. The molecule has 13 heteroatoms. The van der Waals surface area contributed by atoms with E-state index < -0.39 is 60.2 Å². The number of nitrogens with two attached hydrogens (primary N) is 1. The largest absolute Gasteiger partial charge is 0.481 e. The average Bonchev–Trinajstić information content (AvgIpc) is 3.37. The van der Waals surface area contributed by atoms with Gasteiger partial charge in [0.05, 0.1) is 12.5 Å². The first-order chi connectivity index (χ1) is 20.1. The number of thioether (sulfide) groups is 1. The first-order valence-electron chi connectivity index (χ1n) is 13.3. The summed E-state index contributed by atoms with van der Waals surface area (Å²) in [5, 5.41) is 27.3. The SMILES string of the molecule is CSCCC(NC(=O)C(N)Cc1ccccc1)C(=O)NC(CC(=O)O)C(=O)NC(Cc1c[nH]c2ccccc12)C(=O)O. The average molecular weight is 598 g/mol. The highest BCUT2D eigenvalue weighted by atomic mass is 32.2. The molecule has 3 aromatic rings. The van der Waals surface area contributed by atoms with Gasteiger partial charge in [-0.05, 0) is 42.0 Å². The minimum Gasteiger partial charge on any atom is -0.481 e. The lowest BCUT2D eigenvalue weighted by Crippen LogP contribution is -2.58. The summed E-state index contributed by atoms with van der Waals surface area (Å²) < 4.78 is 0. The van der Waals surface area contributed by atoms with E-state index in [-0.39, 0.29) is 19.3 Å². The van der Waals surface area contributed by atoms with Gasteiger partial charge >= 0.3 is 11.9 Å². The molecule has 0 radical (unpaired) electrons. The van der Waals surface area contributed by atoms with E-state index in [1.165, 1.54) is 11.8 Å². The van der Waals surface area contributed by atoms with Crippen molar-refractivity contribution in [1.82, 2.24) is 20.9 Å². The van der Waals surface area contributed by atoms with Crippen molar-refractivity contribution in [2.45, 2.75) is 49.9 Å². The number of carboxylic acids is 2. The molecule has 1 aromatic heterocycles. The molecule has 0 aliphatic rings. The third-order valence-electron chi connectivity index (χ3n) is 6.60. The molecule has 0 saturated carbocycles. The van der Waals surface area contributed by atoms with Crippen LogP contribution in [0.5, 0.6) is 0 Å². The van der Waals surface area contributed by atoms with Crippen LogP contribution in [0.1, 0.15) is 24.0 Å². The molecule has 1 heterocycles. The Morgan fingerprint density at radius 1 is 0.833 bits per heavy atom. The third kappa shape index (κ3) is 9.35. The predicted molar refractivity (Wildman–Crippen MR) is 159 cm³/mol. The van der Waals surface area contributed by atoms with E-state index in [1.807, 2.05) is 54.8 Å². The van der Waals surface area contributed by atoms with Crippen LogP contribution in [0, 0.1) is 0 Å². The number of aliphatic carboxylic acids is 2. The molecule has 224 valence electrons. The Kier molecular flexibility index (Phi) is 11.9. The zero-order chi connectivity index (χ0) is 30.6. The van der Waals surface area contributed by atoms with E-state index >= 15 is 0 Å². The number of para-hydroxylation sites is 1. The summed E-state index contributed by atoms with van der Waals surface area (Å²) in [4.78, 5) is 65.8. The molecule has 0 spiro atoms. The number of carbonyl (C=O) groups excluding carboxylic acids is 3. The Bertz CT molecular complexity index is 1400. The minimum atomic E-state index is -1.59. The first kappa shape index (κ1) is 32.2. The number of carboxylic acid groups (broad SMARTS) is 2. The zero-order valence-corrected chi connectivity index (χ0v) is 23.9. The normalized spacial score (nSPS) is 13.9. The van der Waals surface area contributed by atoms with E-state index in [4.69, 9.17) is 5.73 Å². The number of nitrogens with one attached hydrogen (secondary N) is 4. The van der Waals surface area contributed by atoms with E-state index in [9.17, 15) is 34.2 Å². The molecule has 12 nitrogen and oxygen atoms in total. The van der Waals surface area contributed by atoms with Crippen LogP contribution in [0.2, 0.25) is 0 Å². The number of amides is 3. The highest BCUT2D eigenvalue weighted by Crippen LogP contribution is 2.19. The summed E-state index contributed by atoms with van der Waals surface area (Å²) in [5.74, 6) is -4.57. The number of rotatable bonds is 16. The summed E-state index contributed by atoms with van der Waals surface area (Å²) >= 11 is 1.43. The van der Waals surface area contributed by atoms with Crippen molar-refractivity contribution in [3.05, 3.63) is 71.9 Å². The summed E-state index contributed by atoms with van der Waals surface area (Å²) in [5.41, 5.74) is 8.34. The van der Waals surface area contributed by atoms with Gasteiger partial charge in [0.1, 0.15) is 18.1 Å². The molecule has 42 heavy (non-hydrogen) atoms. The van der Waals surface area contributed by atoms with E-state index in [1.54, 1.807) is 12.3 Å². The lowest BCUT2D eigenvalue weighted by atomic mass is 10.0. The lowest BCUT2D eigenvalue weighted by Gasteiger charge is -2.24. The summed E-state index contributed by atoms with van der Waals surface area (Å²) in [6.07, 6.45) is 3.01. The number of aromatic amines is 1. The van der Waals surface area contributed by atoms with Crippen molar-refractivity contribution in [2.75, 3.05) is 12.0 Å². The van der Waals surface area contributed by atoms with E-state index in [2.05, 4.69) is 20.9 Å². The third-order valence-corrected chi connectivity index (χ3v) is 7.25. The van der Waals surface area contributed by atoms with Gasteiger partial charge < -0.3 is 36.9 Å². The highest BCUT2D eigenvalue weighted by molar-refractivity contribution is 7.98. The molecule has 8 N–H and O–H groups in total. The van der Waals surface area contributed by atoms with Crippen molar-refractivity contribution in [3.8, 4) is 0 Å². The Morgan fingerprint density at radius 3 is 2.12 bits per heavy atom. The van der Waals surface area contributed by atoms with Crippen LogP contribution in [0.3, 0.4) is 0 Å². The van der Waals surface area contributed by atoms with Crippen LogP contribution in [-0.2, 0) is 36.8 Å². The van der Waals surface area contributed by atoms with Gasteiger partial charge in [-0.25, -0.2) is 4.79 Å². The predicted octanol–water partition coefficient (Wildman–Crippen LogP) is 1.05. The van der Waals surface area contributed by atoms with E-state index in [0.717, 1.165) is 16.5 Å². The second kappa shape index (κ2) is 15.6. The molecule has 0 aliphatic heterocycles. The van der Waals surface area contributed by atoms with Gasteiger partial charge in [-0.1, -0.05) is 48.5 Å². The van der Waals surface area contributed by atoms with Crippen LogP contribution in [0.15, 0.2) is 60.8 Å². The fraction of sp³-hybridized carbons (Fsp3) is 0.345. The zero-order valence-electron chi connectivity index (χ0n) is 23.0. The van der Waals surface area contributed by atoms with Gasteiger partial charge in [-0.15, -0.1) is 0 Å². The maximum absolute atomic E-state index is 13.2. The van der Waals surface area contributed by atoms with Crippen LogP contribution in [-0.4, -0.2) is 81.0 Å². The molecule has 3 amide bonds. The quantitative estimate of drug-likeness (QED) is 0.126. The monoisotopic (exact) mass is 597 g/mol. The minimum absolute atomic E-state index is 0.0788. The molecule has 0 saturated heterocycles. The standard InChI is InChI=1S/C29H35N5O7S/c1-42-12-11-22(32-26(37)20(30)13-17-7-3-2-4-8-17)27(38)33-23(15-25(35)36)28(39)34-24(29(40)41)14-18-16-31-21-10-6-5-9-19(18)21/h2-10,16,20,22-24,31H,11-15,30H2,1H3,(H,32,37)(H,33,38)(H,34,39)(H,35,36)(H,40,41). The molecule has 0 fully saturated rings. The van der Waals surface area contributed by atoms with Gasteiger partial charge in [-0.3, -0.25) is 19.2 Å². The number of fused-ring (bicyclic) bond motifs is 1. The Hall–Kier alpha value is -4.36. The fourth-order valence-corrected chi connectivity index (χ4v) is 4.86. The number of aromatic nitrogens is 1. The number of H-pyrrole nitrogens is 1. The van der Waals surface area contributed by atoms with Crippen LogP contribution < -0.4 is 21.7 Å². The second-order valence-electron chi connectivity index (χ2n) is 9.76. The van der Waals surface area contributed by atoms with Crippen molar-refractivity contribution in [2.24, 2.45) is 5.73 Å². The molecule has 3 rings (SSSR count). The maximum atomic E-state index is 13.2.